The molecule has 0 aliphatic heterocycles. The van der Waals surface area contributed by atoms with Gasteiger partial charge in [-0.25, -0.2) is 4.98 Å². The maximum absolute atomic E-state index is 12.7. The number of alkyl halides is 3. The van der Waals surface area contributed by atoms with Crippen LogP contribution < -0.4 is 10.6 Å². The lowest BCUT2D eigenvalue weighted by molar-refractivity contribution is -0.137. The highest BCUT2D eigenvalue weighted by atomic mass is 19.4. The summed E-state index contributed by atoms with van der Waals surface area (Å²) in [6.45, 7) is 3.82. The molecule has 0 aromatic carbocycles. The molecule has 1 heterocycles. The van der Waals surface area contributed by atoms with Crippen molar-refractivity contribution in [2.75, 3.05) is 18.4 Å². The van der Waals surface area contributed by atoms with E-state index in [1.165, 1.54) is 12.3 Å². The number of aromatic nitrogens is 1. The van der Waals surface area contributed by atoms with Crippen molar-refractivity contribution in [3.63, 3.8) is 0 Å². The molecule has 0 radical (unpaired) electrons. The first kappa shape index (κ1) is 18.2. The Bertz CT molecular complexity index is 492. The summed E-state index contributed by atoms with van der Waals surface area (Å²) in [6, 6.07) is 2.15. The summed E-state index contributed by atoms with van der Waals surface area (Å²) in [6.07, 6.45) is -3.99. The second kappa shape index (κ2) is 7.98. The molecule has 1 rings (SSSR count). The number of halogens is 3. The fraction of sp³-hybridized carbons (Fsp3) is 0.571. The summed E-state index contributed by atoms with van der Waals surface area (Å²) < 4.78 is 38.2. The Kier molecular flexibility index (Phi) is 6.61. The zero-order chi connectivity index (χ0) is 16.8. The quantitative estimate of drug-likeness (QED) is 0.672. The van der Waals surface area contributed by atoms with Gasteiger partial charge in [-0.3, -0.25) is 4.79 Å². The van der Waals surface area contributed by atoms with Crippen LogP contribution in [0.4, 0.5) is 19.0 Å². The maximum atomic E-state index is 12.7. The highest BCUT2D eigenvalue weighted by Crippen LogP contribution is 2.33. The topological polar surface area (TPSA) is 74.2 Å². The highest BCUT2D eigenvalue weighted by molar-refractivity contribution is 5.76. The molecule has 1 aromatic heterocycles. The average molecular weight is 319 g/mol. The molecule has 0 saturated carbocycles. The molecule has 124 valence electrons. The van der Waals surface area contributed by atoms with Crippen LogP contribution in [0.1, 0.15) is 25.8 Å². The lowest BCUT2D eigenvalue weighted by Crippen LogP contribution is -2.33. The Hall–Kier alpha value is -1.83. The standard InChI is InChI=1S/C14H20F3N3O2/c1-9(2)11(21)8-12(22)18-6-7-20-13-10(14(15,16)17)4-3-5-19-13/h3-5,9,11,21H,6-8H2,1-2H3,(H,18,22)(H,19,20). The monoisotopic (exact) mass is 319 g/mol. The van der Waals surface area contributed by atoms with Gasteiger partial charge in [-0.1, -0.05) is 13.8 Å². The minimum absolute atomic E-state index is 0.0327. The smallest absolute Gasteiger partial charge is 0.392 e. The van der Waals surface area contributed by atoms with E-state index in [2.05, 4.69) is 15.6 Å². The van der Waals surface area contributed by atoms with Gasteiger partial charge in [-0.05, 0) is 18.1 Å². The van der Waals surface area contributed by atoms with E-state index in [1.807, 2.05) is 0 Å². The van der Waals surface area contributed by atoms with Crippen molar-refractivity contribution in [1.82, 2.24) is 10.3 Å². The third-order valence-corrected chi connectivity index (χ3v) is 3.02. The summed E-state index contributed by atoms with van der Waals surface area (Å²) in [7, 11) is 0. The number of nitrogens with one attached hydrogen (secondary N) is 2. The number of aliphatic hydroxyl groups is 1. The van der Waals surface area contributed by atoms with Crippen molar-refractivity contribution in [3.05, 3.63) is 23.9 Å². The summed E-state index contributed by atoms with van der Waals surface area (Å²) in [5.74, 6) is -0.654. The molecule has 1 aromatic rings. The fourth-order valence-corrected chi connectivity index (χ4v) is 1.66. The molecule has 0 fully saturated rings. The van der Waals surface area contributed by atoms with Crippen LogP contribution >= 0.6 is 0 Å². The van der Waals surface area contributed by atoms with Crippen LogP contribution in [-0.4, -0.2) is 35.2 Å². The molecule has 22 heavy (non-hydrogen) atoms. The van der Waals surface area contributed by atoms with Gasteiger partial charge in [0.2, 0.25) is 5.91 Å². The van der Waals surface area contributed by atoms with Crippen molar-refractivity contribution < 1.29 is 23.1 Å². The predicted octanol–water partition coefficient (Wildman–Crippen LogP) is 2.04. The van der Waals surface area contributed by atoms with Gasteiger partial charge in [-0.15, -0.1) is 0 Å². The van der Waals surface area contributed by atoms with Crippen molar-refractivity contribution in [2.45, 2.75) is 32.5 Å². The highest BCUT2D eigenvalue weighted by Gasteiger charge is 2.33. The van der Waals surface area contributed by atoms with Crippen molar-refractivity contribution in [1.29, 1.82) is 0 Å². The van der Waals surface area contributed by atoms with Crippen molar-refractivity contribution in [3.8, 4) is 0 Å². The second-order valence-corrected chi connectivity index (χ2v) is 5.19. The zero-order valence-electron chi connectivity index (χ0n) is 12.4. The molecular weight excluding hydrogens is 299 g/mol. The van der Waals surface area contributed by atoms with Crippen molar-refractivity contribution in [2.24, 2.45) is 5.92 Å². The molecule has 8 heteroatoms. The lowest BCUT2D eigenvalue weighted by Gasteiger charge is -2.15. The van der Waals surface area contributed by atoms with E-state index in [0.717, 1.165) is 6.07 Å². The van der Waals surface area contributed by atoms with Gasteiger partial charge < -0.3 is 15.7 Å². The van der Waals surface area contributed by atoms with Gasteiger partial charge in [0.15, 0.2) is 0 Å². The summed E-state index contributed by atoms with van der Waals surface area (Å²) in [4.78, 5) is 15.2. The van der Waals surface area contributed by atoms with Gasteiger partial charge in [0.25, 0.3) is 0 Å². The minimum Gasteiger partial charge on any atom is -0.392 e. The van der Waals surface area contributed by atoms with Crippen LogP contribution in [0.15, 0.2) is 18.3 Å². The molecule has 3 N–H and O–H groups in total. The first-order valence-electron chi connectivity index (χ1n) is 6.92. The SMILES string of the molecule is CC(C)C(O)CC(=O)NCCNc1ncccc1C(F)(F)F. The Morgan fingerprint density at radius 2 is 2.05 bits per heavy atom. The Morgan fingerprint density at radius 1 is 1.36 bits per heavy atom. The average Bonchev–Trinajstić information content (AvgIpc) is 2.42. The van der Waals surface area contributed by atoms with Crippen LogP contribution in [0.3, 0.4) is 0 Å². The zero-order valence-corrected chi connectivity index (χ0v) is 12.4. The first-order valence-corrected chi connectivity index (χ1v) is 6.92. The lowest BCUT2D eigenvalue weighted by atomic mass is 10.0. The first-order chi connectivity index (χ1) is 10.2. The summed E-state index contributed by atoms with van der Waals surface area (Å²) in [5.41, 5.74) is -0.850. The molecule has 1 unspecified atom stereocenters. The minimum atomic E-state index is -4.48. The number of aliphatic hydroxyl groups excluding tert-OH is 1. The largest absolute Gasteiger partial charge is 0.419 e. The number of carbonyl (C=O) groups excluding carboxylic acids is 1. The third kappa shape index (κ3) is 5.88. The second-order valence-electron chi connectivity index (χ2n) is 5.19. The summed E-state index contributed by atoms with van der Waals surface area (Å²) >= 11 is 0. The van der Waals surface area contributed by atoms with Crippen LogP contribution in [-0.2, 0) is 11.0 Å². The third-order valence-electron chi connectivity index (χ3n) is 3.02. The normalized spacial score (nSPS) is 13.0. The Morgan fingerprint density at radius 3 is 2.64 bits per heavy atom. The Labute approximate surface area is 126 Å². The van der Waals surface area contributed by atoms with Crippen molar-refractivity contribution >= 4 is 11.7 Å². The predicted molar refractivity (Wildman–Crippen MR) is 76.2 cm³/mol. The van der Waals surface area contributed by atoms with E-state index >= 15 is 0 Å². The van der Waals surface area contributed by atoms with E-state index < -0.39 is 17.8 Å². The molecule has 0 bridgehead atoms. The molecule has 0 saturated heterocycles. The van der Waals surface area contributed by atoms with Crippen LogP contribution in [0, 0.1) is 5.92 Å². The number of hydrogen-bond donors (Lipinski definition) is 3. The van der Waals surface area contributed by atoms with Crippen LogP contribution in [0.2, 0.25) is 0 Å². The molecule has 5 nitrogen and oxygen atoms in total. The molecular formula is C14H20F3N3O2. The maximum Gasteiger partial charge on any atom is 0.419 e. The molecule has 1 amide bonds. The van der Waals surface area contributed by atoms with Crippen LogP contribution in [0.25, 0.3) is 0 Å². The number of pyridine rings is 1. The molecule has 0 aliphatic carbocycles. The van der Waals surface area contributed by atoms with Gasteiger partial charge in [0.05, 0.1) is 18.1 Å². The van der Waals surface area contributed by atoms with E-state index in [0.29, 0.717) is 0 Å². The van der Waals surface area contributed by atoms with E-state index in [1.54, 1.807) is 13.8 Å². The van der Waals surface area contributed by atoms with Gasteiger partial charge in [0.1, 0.15) is 5.82 Å². The van der Waals surface area contributed by atoms with E-state index in [-0.39, 0.29) is 37.2 Å². The number of anilines is 1. The van der Waals surface area contributed by atoms with Crippen LogP contribution in [0.5, 0.6) is 0 Å². The number of carbonyl (C=O) groups is 1. The number of amides is 1. The molecule has 0 spiro atoms. The number of rotatable bonds is 7. The molecule has 0 aliphatic rings. The van der Waals surface area contributed by atoms with Gasteiger partial charge in [-0.2, -0.15) is 13.2 Å². The van der Waals surface area contributed by atoms with E-state index in [9.17, 15) is 23.1 Å². The van der Waals surface area contributed by atoms with Gasteiger partial charge in [0, 0.05) is 19.3 Å². The number of hydrogen-bond acceptors (Lipinski definition) is 4. The summed E-state index contributed by atoms with van der Waals surface area (Å²) in [5, 5.41) is 14.6. The Balaban J connectivity index is 2.41. The molecule has 1 atom stereocenters. The fourth-order valence-electron chi connectivity index (χ4n) is 1.66. The van der Waals surface area contributed by atoms with E-state index in [4.69, 9.17) is 0 Å². The van der Waals surface area contributed by atoms with Gasteiger partial charge >= 0.3 is 6.18 Å². The number of nitrogens with zero attached hydrogens (tertiary/aromatic N) is 1.